The lowest BCUT2D eigenvalue weighted by atomic mass is 10.1. The van der Waals surface area contributed by atoms with Gasteiger partial charge in [0.1, 0.15) is 5.82 Å². The first-order valence-electron chi connectivity index (χ1n) is 8.61. The number of halogens is 1. The summed E-state index contributed by atoms with van der Waals surface area (Å²) in [6.07, 6.45) is 0.101. The van der Waals surface area contributed by atoms with Gasteiger partial charge in [-0.15, -0.1) is 0 Å². The number of carbonyl (C=O) groups excluding carboxylic acids is 3. The van der Waals surface area contributed by atoms with Gasteiger partial charge in [-0.1, -0.05) is 29.8 Å². The summed E-state index contributed by atoms with van der Waals surface area (Å²) in [5, 5.41) is 0. The molecule has 140 valence electrons. The molecule has 0 radical (unpaired) electrons. The average molecular weight is 369 g/mol. The van der Waals surface area contributed by atoms with Crippen molar-refractivity contribution < 1.29 is 18.8 Å². The molecular formula is C20H20FN3O3. The molecule has 0 spiro atoms. The second-order valence-corrected chi connectivity index (χ2v) is 6.61. The van der Waals surface area contributed by atoms with Gasteiger partial charge < -0.3 is 4.90 Å². The number of rotatable bonds is 4. The van der Waals surface area contributed by atoms with Crippen LogP contribution in [0.2, 0.25) is 0 Å². The lowest BCUT2D eigenvalue weighted by molar-refractivity contribution is -0.129. The van der Waals surface area contributed by atoms with Gasteiger partial charge in [-0.05, 0) is 36.8 Å². The Bertz CT molecular complexity index is 850. The molecule has 0 bridgehead atoms. The van der Waals surface area contributed by atoms with Gasteiger partial charge in [0.2, 0.25) is 11.8 Å². The number of likely N-dealkylation sites (tertiary alicyclic amines) is 1. The van der Waals surface area contributed by atoms with Gasteiger partial charge in [-0.2, -0.15) is 0 Å². The normalized spacial score (nSPS) is 16.3. The van der Waals surface area contributed by atoms with Crippen LogP contribution in [0.5, 0.6) is 0 Å². The Kier molecular flexibility index (Phi) is 5.49. The molecule has 1 saturated heterocycles. The highest BCUT2D eigenvalue weighted by molar-refractivity contribution is 5.96. The first kappa shape index (κ1) is 18.6. The van der Waals surface area contributed by atoms with Gasteiger partial charge in [0.15, 0.2) is 0 Å². The number of hydrogen-bond donors (Lipinski definition) is 2. The van der Waals surface area contributed by atoms with Crippen LogP contribution in [0.15, 0.2) is 48.5 Å². The predicted octanol–water partition coefficient (Wildman–Crippen LogP) is 1.94. The van der Waals surface area contributed by atoms with Gasteiger partial charge in [0, 0.05) is 25.1 Å². The van der Waals surface area contributed by atoms with Crippen LogP contribution in [-0.2, 0) is 16.1 Å². The summed E-state index contributed by atoms with van der Waals surface area (Å²) in [5.41, 5.74) is 6.99. The molecule has 1 atom stereocenters. The lowest BCUT2D eigenvalue weighted by Crippen LogP contribution is -2.45. The van der Waals surface area contributed by atoms with Crippen molar-refractivity contribution in [1.82, 2.24) is 15.8 Å². The van der Waals surface area contributed by atoms with Gasteiger partial charge >= 0.3 is 0 Å². The molecule has 27 heavy (non-hydrogen) atoms. The number of carbonyl (C=O) groups is 3. The van der Waals surface area contributed by atoms with Crippen molar-refractivity contribution in [3.05, 3.63) is 71.0 Å². The van der Waals surface area contributed by atoms with Gasteiger partial charge in [-0.3, -0.25) is 25.2 Å². The molecule has 0 aliphatic carbocycles. The number of hydrogen-bond acceptors (Lipinski definition) is 3. The van der Waals surface area contributed by atoms with E-state index in [0.717, 1.165) is 23.3 Å². The van der Waals surface area contributed by atoms with E-state index in [0.29, 0.717) is 13.1 Å². The summed E-state index contributed by atoms with van der Waals surface area (Å²) in [6, 6.07) is 12.8. The third-order valence-electron chi connectivity index (χ3n) is 4.48. The Balaban J connectivity index is 1.51. The summed E-state index contributed by atoms with van der Waals surface area (Å²) in [5.74, 6) is -2.06. The van der Waals surface area contributed by atoms with E-state index in [1.54, 1.807) is 4.90 Å². The maximum atomic E-state index is 12.9. The summed E-state index contributed by atoms with van der Waals surface area (Å²) >= 11 is 0. The minimum atomic E-state index is -0.552. The maximum Gasteiger partial charge on any atom is 0.269 e. The Labute approximate surface area is 156 Å². The highest BCUT2D eigenvalue weighted by Gasteiger charge is 2.34. The van der Waals surface area contributed by atoms with E-state index in [-0.39, 0.29) is 17.9 Å². The molecule has 2 aromatic rings. The van der Waals surface area contributed by atoms with Crippen LogP contribution < -0.4 is 10.9 Å². The largest absolute Gasteiger partial charge is 0.338 e. The molecule has 3 amide bonds. The van der Waals surface area contributed by atoms with Crippen molar-refractivity contribution in [3.8, 4) is 0 Å². The fourth-order valence-electron chi connectivity index (χ4n) is 2.91. The van der Waals surface area contributed by atoms with Crippen molar-refractivity contribution in [2.45, 2.75) is 19.9 Å². The molecule has 6 nitrogen and oxygen atoms in total. The quantitative estimate of drug-likeness (QED) is 0.809. The van der Waals surface area contributed by atoms with Crippen molar-refractivity contribution >= 4 is 17.7 Å². The van der Waals surface area contributed by atoms with Crippen molar-refractivity contribution in [1.29, 1.82) is 0 Å². The van der Waals surface area contributed by atoms with Crippen LogP contribution in [-0.4, -0.2) is 29.2 Å². The van der Waals surface area contributed by atoms with Crippen molar-refractivity contribution in [2.24, 2.45) is 5.92 Å². The van der Waals surface area contributed by atoms with Crippen LogP contribution in [0, 0.1) is 18.7 Å². The fraction of sp³-hybridized carbons (Fsp3) is 0.250. The molecule has 7 heteroatoms. The molecule has 1 fully saturated rings. The summed E-state index contributed by atoms with van der Waals surface area (Å²) < 4.78 is 12.9. The van der Waals surface area contributed by atoms with E-state index < -0.39 is 23.5 Å². The molecule has 0 unspecified atom stereocenters. The van der Waals surface area contributed by atoms with Crippen molar-refractivity contribution in [2.75, 3.05) is 6.54 Å². The third-order valence-corrected chi connectivity index (χ3v) is 4.48. The molecule has 1 aliphatic rings. The fourth-order valence-corrected chi connectivity index (χ4v) is 2.91. The zero-order chi connectivity index (χ0) is 19.4. The molecule has 0 saturated carbocycles. The van der Waals surface area contributed by atoms with E-state index in [1.165, 1.54) is 12.1 Å². The Morgan fingerprint density at radius 1 is 1.07 bits per heavy atom. The second-order valence-electron chi connectivity index (χ2n) is 6.61. The average Bonchev–Trinajstić information content (AvgIpc) is 3.02. The zero-order valence-electron chi connectivity index (χ0n) is 14.9. The van der Waals surface area contributed by atoms with Crippen LogP contribution in [0.1, 0.15) is 27.9 Å². The number of nitrogens with zero attached hydrogens (tertiary/aromatic N) is 1. The molecule has 1 heterocycles. The highest BCUT2D eigenvalue weighted by Crippen LogP contribution is 2.20. The monoisotopic (exact) mass is 369 g/mol. The topological polar surface area (TPSA) is 78.5 Å². The summed E-state index contributed by atoms with van der Waals surface area (Å²) in [6.45, 7) is 2.74. The first-order chi connectivity index (χ1) is 12.9. The Morgan fingerprint density at radius 3 is 2.41 bits per heavy atom. The summed E-state index contributed by atoms with van der Waals surface area (Å²) in [7, 11) is 0. The number of amides is 3. The Hall–Kier alpha value is -3.22. The predicted molar refractivity (Wildman–Crippen MR) is 96.7 cm³/mol. The minimum absolute atomic E-state index is 0.0967. The second kappa shape index (κ2) is 7.99. The first-order valence-corrected chi connectivity index (χ1v) is 8.61. The van der Waals surface area contributed by atoms with E-state index >= 15 is 0 Å². The number of hydrazine groups is 1. The van der Waals surface area contributed by atoms with Crippen LogP contribution in [0.4, 0.5) is 4.39 Å². The Morgan fingerprint density at radius 2 is 1.74 bits per heavy atom. The van der Waals surface area contributed by atoms with Crippen molar-refractivity contribution in [3.63, 3.8) is 0 Å². The van der Waals surface area contributed by atoms with E-state index in [4.69, 9.17) is 0 Å². The van der Waals surface area contributed by atoms with E-state index in [9.17, 15) is 18.8 Å². The van der Waals surface area contributed by atoms with E-state index in [1.807, 2.05) is 31.2 Å². The molecule has 3 rings (SSSR count). The van der Waals surface area contributed by atoms with Crippen LogP contribution in [0.25, 0.3) is 0 Å². The van der Waals surface area contributed by atoms with Gasteiger partial charge in [0.25, 0.3) is 5.91 Å². The maximum absolute atomic E-state index is 12.9. The lowest BCUT2D eigenvalue weighted by Gasteiger charge is -2.17. The highest BCUT2D eigenvalue weighted by atomic mass is 19.1. The zero-order valence-corrected chi connectivity index (χ0v) is 14.9. The van der Waals surface area contributed by atoms with Crippen LogP contribution >= 0.6 is 0 Å². The summed E-state index contributed by atoms with van der Waals surface area (Å²) in [4.78, 5) is 38.0. The van der Waals surface area contributed by atoms with Gasteiger partial charge in [-0.25, -0.2) is 4.39 Å². The SMILES string of the molecule is Cc1ccc(CN2C[C@@H](C(=O)NNC(=O)c3ccc(F)cc3)CC2=O)cc1. The molecule has 1 aliphatic heterocycles. The minimum Gasteiger partial charge on any atom is -0.338 e. The number of nitrogens with one attached hydrogen (secondary N) is 2. The molecule has 2 N–H and O–H groups in total. The standard InChI is InChI=1S/C20H20FN3O3/c1-13-2-4-14(5-3-13)11-24-12-16(10-18(24)25)20(27)23-22-19(26)15-6-8-17(21)9-7-15/h2-9,16H,10-12H2,1H3,(H,22,26)(H,23,27)/t16-/m0/s1. The van der Waals surface area contributed by atoms with Gasteiger partial charge in [0.05, 0.1) is 5.92 Å². The smallest absolute Gasteiger partial charge is 0.269 e. The molecular weight excluding hydrogens is 349 g/mol. The molecule has 2 aromatic carbocycles. The third kappa shape index (κ3) is 4.69. The van der Waals surface area contributed by atoms with Crippen LogP contribution in [0.3, 0.4) is 0 Å². The number of aryl methyl sites for hydroxylation is 1. The number of benzene rings is 2. The molecule has 0 aromatic heterocycles. The van der Waals surface area contributed by atoms with E-state index in [2.05, 4.69) is 10.9 Å².